The van der Waals surface area contributed by atoms with E-state index in [2.05, 4.69) is 31.3 Å². The van der Waals surface area contributed by atoms with Crippen molar-refractivity contribution in [2.75, 3.05) is 13.2 Å². The maximum Gasteiger partial charge on any atom is 0.220 e. The number of hydrogen-bond acceptors (Lipinski definition) is 8. The van der Waals surface area contributed by atoms with Crippen molar-refractivity contribution in [1.29, 1.82) is 0 Å². The third-order valence-corrected chi connectivity index (χ3v) is 14.9. The van der Waals surface area contributed by atoms with Crippen molar-refractivity contribution in [3.05, 3.63) is 12.2 Å². The number of aliphatic hydroxyl groups is 5. The predicted molar refractivity (Wildman–Crippen MR) is 291 cm³/mol. The van der Waals surface area contributed by atoms with E-state index in [4.69, 9.17) is 9.47 Å². The molecule has 1 aliphatic rings. The van der Waals surface area contributed by atoms with Crippen molar-refractivity contribution in [3.8, 4) is 0 Å². The lowest BCUT2D eigenvalue weighted by molar-refractivity contribution is -0.302. The summed E-state index contributed by atoms with van der Waals surface area (Å²) in [4.78, 5) is 13.1. The first-order valence-electron chi connectivity index (χ1n) is 30.4. The molecule has 7 atom stereocenters. The van der Waals surface area contributed by atoms with Crippen molar-refractivity contribution < 1.29 is 39.8 Å². The average molecular weight is 981 g/mol. The molecule has 1 rings (SSSR count). The highest BCUT2D eigenvalue weighted by Gasteiger charge is 2.44. The zero-order chi connectivity index (χ0) is 50.1. The second-order valence-electron chi connectivity index (χ2n) is 21.5. The fourth-order valence-electron chi connectivity index (χ4n) is 10.0. The zero-order valence-corrected chi connectivity index (χ0v) is 45.6. The van der Waals surface area contributed by atoms with E-state index in [1.165, 1.54) is 231 Å². The normalized spacial score (nSPS) is 19.4. The Morgan fingerprint density at radius 2 is 0.812 bits per heavy atom. The largest absolute Gasteiger partial charge is 0.394 e. The van der Waals surface area contributed by atoms with Gasteiger partial charge in [0.2, 0.25) is 5.91 Å². The molecule has 0 aromatic carbocycles. The Bertz CT molecular complexity index is 1090. The van der Waals surface area contributed by atoms with Crippen LogP contribution in [0.1, 0.15) is 309 Å². The fraction of sp³-hybridized carbons (Fsp3) is 0.950. The van der Waals surface area contributed by atoms with E-state index < -0.39 is 49.5 Å². The lowest BCUT2D eigenvalue weighted by Crippen LogP contribution is -2.60. The number of aliphatic hydroxyl groups excluding tert-OH is 5. The van der Waals surface area contributed by atoms with Gasteiger partial charge in [0.1, 0.15) is 24.4 Å². The quantitative estimate of drug-likeness (QED) is 0.0261. The second kappa shape index (κ2) is 50.5. The van der Waals surface area contributed by atoms with Crippen LogP contribution in [0.3, 0.4) is 0 Å². The zero-order valence-electron chi connectivity index (χ0n) is 45.6. The number of amides is 1. The van der Waals surface area contributed by atoms with Gasteiger partial charge in [-0.25, -0.2) is 0 Å². The molecule has 6 N–H and O–H groups in total. The lowest BCUT2D eigenvalue weighted by atomic mass is 9.99. The summed E-state index contributed by atoms with van der Waals surface area (Å²) < 4.78 is 11.3. The molecule has 0 aromatic rings. The Morgan fingerprint density at radius 3 is 1.17 bits per heavy atom. The van der Waals surface area contributed by atoms with Crippen LogP contribution in [0.5, 0.6) is 0 Å². The molecule has 0 spiro atoms. The first-order chi connectivity index (χ1) is 33.8. The van der Waals surface area contributed by atoms with Crippen LogP contribution in [-0.2, 0) is 14.3 Å². The summed E-state index contributed by atoms with van der Waals surface area (Å²) in [6.45, 7) is 3.87. The van der Waals surface area contributed by atoms with E-state index in [9.17, 15) is 30.3 Å². The minimum Gasteiger partial charge on any atom is -0.394 e. The average Bonchev–Trinajstić information content (AvgIpc) is 3.35. The molecular formula is C60H117NO8. The molecular weight excluding hydrogens is 863 g/mol. The Kier molecular flexibility index (Phi) is 48.2. The molecule has 1 amide bonds. The van der Waals surface area contributed by atoms with Crippen LogP contribution in [0.25, 0.3) is 0 Å². The molecule has 0 aromatic heterocycles. The Balaban J connectivity index is 2.13. The van der Waals surface area contributed by atoms with E-state index >= 15 is 0 Å². The van der Waals surface area contributed by atoms with Gasteiger partial charge >= 0.3 is 0 Å². The molecule has 9 nitrogen and oxygen atoms in total. The summed E-state index contributed by atoms with van der Waals surface area (Å²) in [5.74, 6) is -0.148. The van der Waals surface area contributed by atoms with Gasteiger partial charge < -0.3 is 40.3 Å². The Morgan fingerprint density at radius 1 is 0.478 bits per heavy atom. The van der Waals surface area contributed by atoms with Crippen LogP contribution >= 0.6 is 0 Å². The van der Waals surface area contributed by atoms with Gasteiger partial charge in [-0.1, -0.05) is 276 Å². The first-order valence-corrected chi connectivity index (χ1v) is 30.4. The summed E-state index contributed by atoms with van der Waals surface area (Å²) in [6.07, 6.45) is 55.4. The maximum absolute atomic E-state index is 13.1. The van der Waals surface area contributed by atoms with E-state index in [-0.39, 0.29) is 12.5 Å². The molecule has 7 unspecified atom stereocenters. The second-order valence-corrected chi connectivity index (χ2v) is 21.5. The summed E-state index contributed by atoms with van der Waals surface area (Å²) in [5.41, 5.74) is 0. The Labute approximate surface area is 426 Å². The summed E-state index contributed by atoms with van der Waals surface area (Å²) in [7, 11) is 0. The van der Waals surface area contributed by atoms with Crippen molar-refractivity contribution in [3.63, 3.8) is 0 Å². The van der Waals surface area contributed by atoms with E-state index in [1.807, 2.05) is 0 Å². The summed E-state index contributed by atoms with van der Waals surface area (Å²) in [6, 6.07) is -0.721. The van der Waals surface area contributed by atoms with Crippen LogP contribution < -0.4 is 5.32 Å². The van der Waals surface area contributed by atoms with Crippen LogP contribution in [0.15, 0.2) is 12.2 Å². The van der Waals surface area contributed by atoms with Gasteiger partial charge in [0.05, 0.1) is 25.4 Å². The number of carbonyl (C=O) groups excluding carboxylic acids is 1. The van der Waals surface area contributed by atoms with E-state index in [1.54, 1.807) is 0 Å². The predicted octanol–water partition coefficient (Wildman–Crippen LogP) is 15.2. The van der Waals surface area contributed by atoms with Crippen LogP contribution in [0, 0.1) is 0 Å². The van der Waals surface area contributed by atoms with Crippen LogP contribution in [-0.4, -0.2) is 87.5 Å². The van der Waals surface area contributed by atoms with Gasteiger partial charge in [-0.15, -0.1) is 0 Å². The number of carbonyl (C=O) groups is 1. The first kappa shape index (κ1) is 65.9. The summed E-state index contributed by atoms with van der Waals surface area (Å²) in [5, 5.41) is 54.7. The molecule has 1 saturated heterocycles. The number of nitrogens with one attached hydrogen (secondary N) is 1. The highest BCUT2D eigenvalue weighted by Crippen LogP contribution is 2.23. The minimum atomic E-state index is -1.55. The molecule has 1 aliphatic heterocycles. The van der Waals surface area contributed by atoms with Crippen LogP contribution in [0.4, 0.5) is 0 Å². The number of unbranched alkanes of at least 4 members (excludes halogenated alkanes) is 41. The molecule has 0 saturated carbocycles. The third-order valence-electron chi connectivity index (χ3n) is 14.9. The topological polar surface area (TPSA) is 149 Å². The lowest BCUT2D eigenvalue weighted by Gasteiger charge is -2.40. The molecule has 9 heteroatoms. The number of rotatable bonds is 53. The van der Waals surface area contributed by atoms with Gasteiger partial charge in [-0.3, -0.25) is 4.79 Å². The van der Waals surface area contributed by atoms with Crippen LogP contribution in [0.2, 0.25) is 0 Å². The number of hydrogen-bond donors (Lipinski definition) is 6. The van der Waals surface area contributed by atoms with Gasteiger partial charge in [0, 0.05) is 6.42 Å². The van der Waals surface area contributed by atoms with Gasteiger partial charge in [-0.2, -0.15) is 0 Å². The third kappa shape index (κ3) is 40.1. The van der Waals surface area contributed by atoms with E-state index in [0.717, 1.165) is 51.4 Å². The van der Waals surface area contributed by atoms with Gasteiger partial charge in [0.25, 0.3) is 0 Å². The fourth-order valence-corrected chi connectivity index (χ4v) is 10.0. The molecule has 69 heavy (non-hydrogen) atoms. The monoisotopic (exact) mass is 980 g/mol. The van der Waals surface area contributed by atoms with E-state index in [0.29, 0.717) is 12.8 Å². The van der Waals surface area contributed by atoms with Crippen molar-refractivity contribution in [2.45, 2.75) is 352 Å². The maximum atomic E-state index is 13.1. The molecule has 0 radical (unpaired) electrons. The van der Waals surface area contributed by atoms with Gasteiger partial charge in [0.15, 0.2) is 6.29 Å². The SMILES string of the molecule is CCCCCCCCC/C=C\CCCCCCCC(=O)NC(COC1OC(CO)C(O)C(O)C1O)C(O)CCCCCCCCCCCCCCCCCCCCCCCCCCCCCCCC. The molecule has 410 valence electrons. The highest BCUT2D eigenvalue weighted by molar-refractivity contribution is 5.76. The molecule has 1 fully saturated rings. The molecule has 0 bridgehead atoms. The summed E-state index contributed by atoms with van der Waals surface area (Å²) >= 11 is 0. The Hall–Kier alpha value is -1.07. The number of ether oxygens (including phenoxy) is 2. The molecule has 0 aliphatic carbocycles. The van der Waals surface area contributed by atoms with Crippen molar-refractivity contribution in [1.82, 2.24) is 5.32 Å². The van der Waals surface area contributed by atoms with Crippen molar-refractivity contribution >= 4 is 5.91 Å². The van der Waals surface area contributed by atoms with Gasteiger partial charge in [-0.05, 0) is 38.5 Å². The smallest absolute Gasteiger partial charge is 0.220 e. The minimum absolute atomic E-state index is 0.137. The highest BCUT2D eigenvalue weighted by atomic mass is 16.7. The standard InChI is InChI=1S/C60H117NO8/c1-3-5-7-9-11-13-15-17-19-21-22-23-24-25-26-27-28-29-30-31-32-33-34-35-37-39-41-43-45-47-49-54(63)53(52-68-60-59(67)58(66)57(65)55(51-62)69-60)61-56(64)50-48-46-44-42-40-38-36-20-18-16-14-12-10-8-6-4-2/h20,36,53-55,57-60,62-63,65-67H,3-19,21-35,37-52H2,1-2H3,(H,61,64)/b36-20-. The molecule has 1 heterocycles. The van der Waals surface area contributed by atoms with Crippen molar-refractivity contribution in [2.24, 2.45) is 0 Å². The number of allylic oxidation sites excluding steroid dienone is 2.